The number of hydrogen-bond donors (Lipinski definition) is 2. The molecular weight excluding hydrogens is 390 g/mol. The second-order valence-electron chi connectivity index (χ2n) is 5.95. The van der Waals surface area contributed by atoms with Gasteiger partial charge in [-0.1, -0.05) is 35.9 Å². The van der Waals surface area contributed by atoms with Gasteiger partial charge in [-0.2, -0.15) is 5.10 Å². The van der Waals surface area contributed by atoms with Gasteiger partial charge in [-0.3, -0.25) is 9.59 Å². The number of hydrazone groups is 1. The molecule has 0 aliphatic heterocycles. The molecule has 0 aromatic heterocycles. The van der Waals surface area contributed by atoms with Gasteiger partial charge >= 0.3 is 0 Å². The zero-order valence-electron chi connectivity index (χ0n) is 15.6. The van der Waals surface area contributed by atoms with Gasteiger partial charge < -0.3 is 10.1 Å². The zero-order chi connectivity index (χ0) is 20.6. The molecule has 0 saturated heterocycles. The summed E-state index contributed by atoms with van der Waals surface area (Å²) in [6, 6.07) is 20.4. The van der Waals surface area contributed by atoms with Crippen molar-refractivity contribution >= 4 is 35.3 Å². The minimum atomic E-state index is -0.455. The third kappa shape index (κ3) is 5.21. The highest BCUT2D eigenvalue weighted by Gasteiger charge is 2.13. The Bertz CT molecular complexity index is 1050. The monoisotopic (exact) mass is 407 g/mol. The van der Waals surface area contributed by atoms with Gasteiger partial charge in [-0.25, -0.2) is 5.43 Å². The molecule has 7 heteroatoms. The molecule has 3 aromatic carbocycles. The first kappa shape index (κ1) is 20.1. The van der Waals surface area contributed by atoms with E-state index in [-0.39, 0.29) is 11.5 Å². The fourth-order valence-electron chi connectivity index (χ4n) is 2.58. The number of halogens is 1. The summed E-state index contributed by atoms with van der Waals surface area (Å²) in [4.78, 5) is 25.0. The quantitative estimate of drug-likeness (QED) is 0.470. The molecule has 0 heterocycles. The lowest BCUT2D eigenvalue weighted by Crippen LogP contribution is -2.21. The van der Waals surface area contributed by atoms with Crippen LogP contribution >= 0.6 is 11.6 Å². The molecule has 3 rings (SSSR count). The van der Waals surface area contributed by atoms with Gasteiger partial charge in [0.05, 0.1) is 24.6 Å². The van der Waals surface area contributed by atoms with Gasteiger partial charge in [-0.15, -0.1) is 0 Å². The second-order valence-corrected chi connectivity index (χ2v) is 6.38. The van der Waals surface area contributed by atoms with Gasteiger partial charge in [0.2, 0.25) is 0 Å². The average Bonchev–Trinajstić information content (AvgIpc) is 2.74. The van der Waals surface area contributed by atoms with E-state index in [0.29, 0.717) is 22.0 Å². The largest absolute Gasteiger partial charge is 0.496 e. The Morgan fingerprint density at radius 1 is 0.931 bits per heavy atom. The van der Waals surface area contributed by atoms with Crippen molar-refractivity contribution in [3.8, 4) is 5.75 Å². The number of benzene rings is 3. The standard InChI is InChI=1S/C22H18ClN3O3/c1-29-20-9-5-2-6-16(20)14-24-26-22(28)18-7-3-4-8-19(18)25-21(27)15-10-12-17(23)13-11-15/h2-14H,1H3,(H,25,27)(H,26,28)/b24-14+. The van der Waals surface area contributed by atoms with E-state index in [9.17, 15) is 9.59 Å². The predicted molar refractivity (Wildman–Crippen MR) is 114 cm³/mol. The van der Waals surface area contributed by atoms with Crippen molar-refractivity contribution in [3.63, 3.8) is 0 Å². The lowest BCUT2D eigenvalue weighted by atomic mass is 10.1. The summed E-state index contributed by atoms with van der Waals surface area (Å²) < 4.78 is 5.24. The predicted octanol–water partition coefficient (Wildman–Crippen LogP) is 4.36. The molecule has 0 atom stereocenters. The van der Waals surface area contributed by atoms with Gasteiger partial charge in [0.15, 0.2) is 0 Å². The number of rotatable bonds is 6. The van der Waals surface area contributed by atoms with Crippen LogP contribution in [0.3, 0.4) is 0 Å². The summed E-state index contributed by atoms with van der Waals surface area (Å²) in [5, 5.41) is 7.26. The number of anilines is 1. The van der Waals surface area contributed by atoms with Crippen molar-refractivity contribution < 1.29 is 14.3 Å². The number of nitrogens with one attached hydrogen (secondary N) is 2. The average molecular weight is 408 g/mol. The highest BCUT2D eigenvalue weighted by molar-refractivity contribution is 6.30. The maximum atomic E-state index is 12.5. The third-order valence-corrected chi connectivity index (χ3v) is 4.29. The van der Waals surface area contributed by atoms with E-state index in [1.807, 2.05) is 18.2 Å². The zero-order valence-corrected chi connectivity index (χ0v) is 16.3. The number of para-hydroxylation sites is 2. The maximum absolute atomic E-state index is 12.5. The molecule has 0 spiro atoms. The molecule has 0 aliphatic rings. The molecule has 146 valence electrons. The van der Waals surface area contributed by atoms with E-state index in [4.69, 9.17) is 16.3 Å². The Labute approximate surface area is 173 Å². The highest BCUT2D eigenvalue weighted by Crippen LogP contribution is 2.18. The third-order valence-electron chi connectivity index (χ3n) is 4.03. The van der Waals surface area contributed by atoms with Gasteiger partial charge in [0, 0.05) is 16.1 Å². The van der Waals surface area contributed by atoms with E-state index in [1.165, 1.54) is 6.21 Å². The van der Waals surface area contributed by atoms with Crippen molar-refractivity contribution in [1.82, 2.24) is 5.43 Å². The molecule has 2 amide bonds. The molecule has 0 bridgehead atoms. The summed E-state index contributed by atoms with van der Waals surface area (Å²) in [5.41, 5.74) is 4.27. The van der Waals surface area contributed by atoms with Crippen LogP contribution in [-0.2, 0) is 0 Å². The number of nitrogens with zero attached hydrogens (tertiary/aromatic N) is 1. The Morgan fingerprint density at radius 2 is 1.62 bits per heavy atom. The van der Waals surface area contributed by atoms with Gasteiger partial charge in [-0.05, 0) is 48.5 Å². The highest BCUT2D eigenvalue weighted by atomic mass is 35.5. The van der Waals surface area contributed by atoms with Crippen molar-refractivity contribution in [2.45, 2.75) is 0 Å². The van der Waals surface area contributed by atoms with Crippen molar-refractivity contribution in [1.29, 1.82) is 0 Å². The first-order chi connectivity index (χ1) is 14.1. The van der Waals surface area contributed by atoms with Crippen LogP contribution in [0.2, 0.25) is 5.02 Å². The SMILES string of the molecule is COc1ccccc1/C=N/NC(=O)c1ccccc1NC(=O)c1ccc(Cl)cc1. The number of carbonyl (C=O) groups is 2. The van der Waals surface area contributed by atoms with Crippen LogP contribution in [0.15, 0.2) is 77.9 Å². The number of amides is 2. The van der Waals surface area contributed by atoms with Crippen LogP contribution in [0.1, 0.15) is 26.3 Å². The maximum Gasteiger partial charge on any atom is 0.273 e. The summed E-state index contributed by atoms with van der Waals surface area (Å²) in [5.74, 6) is -0.163. The Hall–Kier alpha value is -3.64. The van der Waals surface area contributed by atoms with Crippen LogP contribution in [0, 0.1) is 0 Å². The summed E-state index contributed by atoms with van der Waals surface area (Å²) >= 11 is 5.85. The van der Waals surface area contributed by atoms with Gasteiger partial charge in [0.25, 0.3) is 11.8 Å². The van der Waals surface area contributed by atoms with E-state index in [2.05, 4.69) is 15.8 Å². The van der Waals surface area contributed by atoms with Crippen LogP contribution in [-0.4, -0.2) is 25.1 Å². The fourth-order valence-corrected chi connectivity index (χ4v) is 2.71. The molecule has 29 heavy (non-hydrogen) atoms. The molecule has 0 fully saturated rings. The minimum Gasteiger partial charge on any atom is -0.496 e. The van der Waals surface area contributed by atoms with E-state index < -0.39 is 5.91 Å². The molecule has 0 aliphatic carbocycles. The van der Waals surface area contributed by atoms with E-state index >= 15 is 0 Å². The van der Waals surface area contributed by atoms with Crippen molar-refractivity contribution in [2.24, 2.45) is 5.10 Å². The lowest BCUT2D eigenvalue weighted by molar-refractivity contribution is 0.0956. The molecule has 0 unspecified atom stereocenters. The van der Waals surface area contributed by atoms with E-state index in [0.717, 1.165) is 5.56 Å². The molecule has 6 nitrogen and oxygen atoms in total. The van der Waals surface area contributed by atoms with Crippen molar-refractivity contribution in [2.75, 3.05) is 12.4 Å². The Balaban J connectivity index is 1.72. The normalized spacial score (nSPS) is 10.6. The number of ether oxygens (including phenoxy) is 1. The Kier molecular flexibility index (Phi) is 6.60. The fraction of sp³-hybridized carbons (Fsp3) is 0.0455. The molecule has 0 radical (unpaired) electrons. The molecular formula is C22H18ClN3O3. The summed E-state index contributed by atoms with van der Waals surface area (Å²) in [6.07, 6.45) is 1.49. The minimum absolute atomic E-state index is 0.284. The number of hydrogen-bond acceptors (Lipinski definition) is 4. The molecule has 2 N–H and O–H groups in total. The second kappa shape index (κ2) is 9.52. The van der Waals surface area contributed by atoms with Crippen molar-refractivity contribution in [3.05, 3.63) is 94.5 Å². The van der Waals surface area contributed by atoms with Gasteiger partial charge in [0.1, 0.15) is 5.75 Å². The Morgan fingerprint density at radius 3 is 2.38 bits per heavy atom. The molecule has 3 aromatic rings. The first-order valence-corrected chi connectivity index (χ1v) is 9.08. The number of methoxy groups -OCH3 is 1. The van der Waals surface area contributed by atoms with Crippen LogP contribution < -0.4 is 15.5 Å². The summed E-state index contributed by atoms with van der Waals surface area (Å²) in [7, 11) is 1.56. The van der Waals surface area contributed by atoms with Crippen LogP contribution in [0.4, 0.5) is 5.69 Å². The smallest absolute Gasteiger partial charge is 0.273 e. The van der Waals surface area contributed by atoms with Crippen LogP contribution in [0.5, 0.6) is 5.75 Å². The van der Waals surface area contributed by atoms with E-state index in [1.54, 1.807) is 61.7 Å². The first-order valence-electron chi connectivity index (χ1n) is 8.71. The summed E-state index contributed by atoms with van der Waals surface area (Å²) in [6.45, 7) is 0. The number of carbonyl (C=O) groups excluding carboxylic acids is 2. The molecule has 0 saturated carbocycles. The van der Waals surface area contributed by atoms with Crippen LogP contribution in [0.25, 0.3) is 0 Å². The topological polar surface area (TPSA) is 79.8 Å². The lowest BCUT2D eigenvalue weighted by Gasteiger charge is -2.10.